The number of halogens is 1. The van der Waals surface area contributed by atoms with E-state index in [1.165, 1.54) is 5.56 Å². The van der Waals surface area contributed by atoms with E-state index in [1.807, 2.05) is 23.1 Å². The molecule has 0 saturated heterocycles. The van der Waals surface area contributed by atoms with Crippen LogP contribution < -0.4 is 4.90 Å². The summed E-state index contributed by atoms with van der Waals surface area (Å²) >= 11 is 5.86. The van der Waals surface area contributed by atoms with Gasteiger partial charge >= 0.3 is 0 Å². The minimum atomic E-state index is 0.0356. The van der Waals surface area contributed by atoms with E-state index in [0.717, 1.165) is 12.2 Å². The Kier molecular flexibility index (Phi) is 3.03. The molecule has 2 aromatic rings. The Balaban J connectivity index is 1.96. The van der Waals surface area contributed by atoms with Crippen molar-refractivity contribution in [3.63, 3.8) is 0 Å². The van der Waals surface area contributed by atoms with Crippen molar-refractivity contribution in [2.45, 2.75) is 12.8 Å². The first-order valence-electron chi connectivity index (χ1n) is 6.33. The lowest BCUT2D eigenvalue weighted by atomic mass is 10.0. The molecule has 0 unspecified atom stereocenters. The van der Waals surface area contributed by atoms with Gasteiger partial charge in [-0.1, -0.05) is 36.7 Å². The maximum atomic E-state index is 12.5. The number of nitrogens with zero attached hydrogens (tertiary/aromatic N) is 1. The first kappa shape index (κ1) is 12.2. The topological polar surface area (TPSA) is 20.3 Å². The minimum Gasteiger partial charge on any atom is -0.307 e. The molecule has 1 atom stereocenters. The fourth-order valence-corrected chi connectivity index (χ4v) is 2.69. The molecule has 2 aromatic carbocycles. The molecule has 3 rings (SSSR count). The van der Waals surface area contributed by atoms with E-state index in [-0.39, 0.29) is 5.91 Å². The van der Waals surface area contributed by atoms with Crippen molar-refractivity contribution in [2.24, 2.45) is 0 Å². The Hall–Kier alpha value is -1.80. The van der Waals surface area contributed by atoms with Gasteiger partial charge in [0.1, 0.15) is 0 Å². The van der Waals surface area contributed by atoms with Crippen LogP contribution in [0.4, 0.5) is 5.69 Å². The Morgan fingerprint density at radius 3 is 2.58 bits per heavy atom. The summed E-state index contributed by atoms with van der Waals surface area (Å²) in [5.74, 6) is 0.418. The fraction of sp³-hybridized carbons (Fsp3) is 0.188. The number of para-hydroxylation sites is 1. The van der Waals surface area contributed by atoms with Gasteiger partial charge in [-0.05, 0) is 35.9 Å². The van der Waals surface area contributed by atoms with Gasteiger partial charge in [-0.15, -0.1) is 0 Å². The van der Waals surface area contributed by atoms with E-state index in [4.69, 9.17) is 11.6 Å². The molecule has 0 bridgehead atoms. The number of rotatable bonds is 1. The second-order valence-electron chi connectivity index (χ2n) is 4.88. The molecule has 1 aliphatic heterocycles. The van der Waals surface area contributed by atoms with E-state index in [0.29, 0.717) is 16.5 Å². The maximum Gasteiger partial charge on any atom is 0.258 e. The number of carbonyl (C=O) groups is 1. The quantitative estimate of drug-likeness (QED) is 0.764. The second kappa shape index (κ2) is 4.71. The molecule has 0 spiro atoms. The van der Waals surface area contributed by atoms with Gasteiger partial charge < -0.3 is 4.90 Å². The molecule has 0 N–H and O–H groups in total. The lowest BCUT2D eigenvalue weighted by Crippen LogP contribution is -2.29. The monoisotopic (exact) mass is 271 g/mol. The molecule has 0 saturated carbocycles. The number of hydrogen-bond donors (Lipinski definition) is 0. The molecule has 0 aromatic heterocycles. The summed E-state index contributed by atoms with van der Waals surface area (Å²) in [6.07, 6.45) is 0. The standard InChI is InChI=1S/C16H14ClNO/c1-11-10-18(15-5-3-2-4-14(11)15)16(19)12-6-8-13(17)9-7-12/h2-9,11H,10H2,1H3/t11-/m1/s1. The zero-order valence-corrected chi connectivity index (χ0v) is 11.4. The third kappa shape index (κ3) is 2.13. The second-order valence-corrected chi connectivity index (χ2v) is 5.32. The van der Waals surface area contributed by atoms with Gasteiger partial charge in [-0.3, -0.25) is 4.79 Å². The van der Waals surface area contributed by atoms with Crippen molar-refractivity contribution < 1.29 is 4.79 Å². The Morgan fingerprint density at radius 2 is 1.84 bits per heavy atom. The highest BCUT2D eigenvalue weighted by Gasteiger charge is 2.29. The molecule has 1 heterocycles. The van der Waals surface area contributed by atoms with Crippen molar-refractivity contribution in [1.29, 1.82) is 0 Å². The van der Waals surface area contributed by atoms with Crippen molar-refractivity contribution in [2.75, 3.05) is 11.4 Å². The highest BCUT2D eigenvalue weighted by molar-refractivity contribution is 6.30. The van der Waals surface area contributed by atoms with Crippen LogP contribution in [0.1, 0.15) is 28.8 Å². The fourth-order valence-electron chi connectivity index (χ4n) is 2.56. The largest absolute Gasteiger partial charge is 0.307 e. The number of benzene rings is 2. The van der Waals surface area contributed by atoms with E-state index in [2.05, 4.69) is 13.0 Å². The van der Waals surface area contributed by atoms with E-state index < -0.39 is 0 Å². The molecule has 96 valence electrons. The van der Waals surface area contributed by atoms with Crippen LogP contribution in [-0.4, -0.2) is 12.5 Å². The van der Waals surface area contributed by atoms with Crippen LogP contribution in [0.25, 0.3) is 0 Å². The Morgan fingerprint density at radius 1 is 1.16 bits per heavy atom. The van der Waals surface area contributed by atoms with Crippen LogP contribution in [-0.2, 0) is 0 Å². The predicted octanol–water partition coefficient (Wildman–Crippen LogP) is 4.10. The first-order chi connectivity index (χ1) is 9.16. The molecule has 3 heteroatoms. The summed E-state index contributed by atoms with van der Waals surface area (Å²) in [5.41, 5.74) is 2.94. The molecule has 0 radical (unpaired) electrons. The summed E-state index contributed by atoms with van der Waals surface area (Å²) in [6, 6.07) is 15.1. The molecule has 1 amide bonds. The third-order valence-corrected chi connectivity index (χ3v) is 3.80. The van der Waals surface area contributed by atoms with Crippen LogP contribution in [0.3, 0.4) is 0 Å². The van der Waals surface area contributed by atoms with Crippen LogP contribution in [0.15, 0.2) is 48.5 Å². The Labute approximate surface area is 117 Å². The number of anilines is 1. The highest BCUT2D eigenvalue weighted by Crippen LogP contribution is 2.36. The van der Waals surface area contributed by atoms with Gasteiger partial charge in [-0.25, -0.2) is 0 Å². The van der Waals surface area contributed by atoms with Crippen LogP contribution in [0.5, 0.6) is 0 Å². The van der Waals surface area contributed by atoms with Gasteiger partial charge in [0, 0.05) is 28.7 Å². The summed E-state index contributed by atoms with van der Waals surface area (Å²) < 4.78 is 0. The minimum absolute atomic E-state index is 0.0356. The maximum absolute atomic E-state index is 12.5. The van der Waals surface area contributed by atoms with Crippen LogP contribution >= 0.6 is 11.6 Å². The average Bonchev–Trinajstić information content (AvgIpc) is 2.77. The zero-order valence-electron chi connectivity index (χ0n) is 10.6. The SMILES string of the molecule is C[C@@H]1CN(C(=O)c2ccc(Cl)cc2)c2ccccc21. The first-order valence-corrected chi connectivity index (χ1v) is 6.71. The lowest BCUT2D eigenvalue weighted by molar-refractivity contribution is 0.0988. The molecule has 19 heavy (non-hydrogen) atoms. The molecule has 1 aliphatic rings. The third-order valence-electron chi connectivity index (χ3n) is 3.55. The van der Waals surface area contributed by atoms with E-state index >= 15 is 0 Å². The van der Waals surface area contributed by atoms with Crippen LogP contribution in [0.2, 0.25) is 5.02 Å². The normalized spacial score (nSPS) is 17.4. The summed E-state index contributed by atoms with van der Waals surface area (Å²) in [7, 11) is 0. The van der Waals surface area contributed by atoms with Gasteiger partial charge in [0.05, 0.1) is 0 Å². The van der Waals surface area contributed by atoms with Gasteiger partial charge in [-0.2, -0.15) is 0 Å². The van der Waals surface area contributed by atoms with E-state index in [9.17, 15) is 4.79 Å². The lowest BCUT2D eigenvalue weighted by Gasteiger charge is -2.17. The van der Waals surface area contributed by atoms with Crippen molar-refractivity contribution >= 4 is 23.2 Å². The van der Waals surface area contributed by atoms with Crippen LogP contribution in [0, 0.1) is 0 Å². The molecule has 0 aliphatic carbocycles. The van der Waals surface area contributed by atoms with Crippen molar-refractivity contribution in [3.8, 4) is 0 Å². The number of carbonyl (C=O) groups excluding carboxylic acids is 1. The van der Waals surface area contributed by atoms with Gasteiger partial charge in [0.2, 0.25) is 0 Å². The molecular weight excluding hydrogens is 258 g/mol. The molecule has 2 nitrogen and oxygen atoms in total. The van der Waals surface area contributed by atoms with Gasteiger partial charge in [0.25, 0.3) is 5.91 Å². The summed E-state index contributed by atoms with van der Waals surface area (Å²) in [4.78, 5) is 14.4. The van der Waals surface area contributed by atoms with E-state index in [1.54, 1.807) is 24.3 Å². The summed E-state index contributed by atoms with van der Waals surface area (Å²) in [5, 5.41) is 0.645. The highest BCUT2D eigenvalue weighted by atomic mass is 35.5. The smallest absolute Gasteiger partial charge is 0.258 e. The van der Waals surface area contributed by atoms with Crippen molar-refractivity contribution in [1.82, 2.24) is 0 Å². The van der Waals surface area contributed by atoms with Gasteiger partial charge in [0.15, 0.2) is 0 Å². The zero-order chi connectivity index (χ0) is 13.4. The number of amides is 1. The molecule has 0 fully saturated rings. The Bertz CT molecular complexity index is 621. The predicted molar refractivity (Wildman–Crippen MR) is 78.0 cm³/mol. The number of fused-ring (bicyclic) bond motifs is 1. The summed E-state index contributed by atoms with van der Waals surface area (Å²) in [6.45, 7) is 2.88. The average molecular weight is 272 g/mol. The molecular formula is C16H14ClNO. The number of hydrogen-bond acceptors (Lipinski definition) is 1. The van der Waals surface area contributed by atoms with Crippen molar-refractivity contribution in [3.05, 3.63) is 64.7 Å².